The van der Waals surface area contributed by atoms with Gasteiger partial charge in [0.25, 0.3) is 5.91 Å². The molecule has 0 aliphatic heterocycles. The summed E-state index contributed by atoms with van der Waals surface area (Å²) in [6.07, 6.45) is -0.0127. The number of nitrogens with one attached hydrogen (secondary N) is 1. The molecule has 1 amide bonds. The zero-order valence-electron chi connectivity index (χ0n) is 18.7. The monoisotopic (exact) mass is 472 g/mol. The summed E-state index contributed by atoms with van der Waals surface area (Å²) in [4.78, 5) is 29.3. The lowest BCUT2D eigenvalue weighted by Gasteiger charge is -2.11. The molecular weight excluding hydrogens is 448 g/mol. The minimum atomic E-state index is -0.513. The molecule has 4 aromatic rings. The van der Waals surface area contributed by atoms with Gasteiger partial charge in [-0.3, -0.25) is 9.59 Å². The maximum atomic E-state index is 12.4. The number of esters is 1. The predicted molar refractivity (Wildman–Crippen MR) is 134 cm³/mol. The molecule has 7 heteroatoms. The Labute approximate surface area is 202 Å². The SMILES string of the molecule is CCOc1ccccc1-c1nc(CC(=O)OCC(=O)Nc2ccccc2-c2ccccc2)cs1. The first kappa shape index (κ1) is 23.2. The lowest BCUT2D eigenvalue weighted by atomic mass is 10.0. The Bertz CT molecular complexity index is 1270. The normalized spacial score (nSPS) is 10.5. The van der Waals surface area contributed by atoms with E-state index in [0.29, 0.717) is 18.0 Å². The molecule has 0 saturated heterocycles. The Hall–Kier alpha value is -3.97. The van der Waals surface area contributed by atoms with Crippen LogP contribution in [-0.4, -0.2) is 30.1 Å². The van der Waals surface area contributed by atoms with Crippen LogP contribution in [0, 0.1) is 0 Å². The Kier molecular flexibility index (Phi) is 7.67. The van der Waals surface area contributed by atoms with Crippen LogP contribution in [0.4, 0.5) is 5.69 Å². The third-order valence-electron chi connectivity index (χ3n) is 4.94. The number of aromatic nitrogens is 1. The van der Waals surface area contributed by atoms with Crippen molar-refractivity contribution in [2.75, 3.05) is 18.5 Å². The number of carbonyl (C=O) groups is 2. The Morgan fingerprint density at radius 2 is 1.62 bits per heavy atom. The lowest BCUT2D eigenvalue weighted by Crippen LogP contribution is -2.22. The van der Waals surface area contributed by atoms with Crippen LogP contribution in [0.5, 0.6) is 5.75 Å². The van der Waals surface area contributed by atoms with Crippen LogP contribution in [-0.2, 0) is 20.7 Å². The summed E-state index contributed by atoms with van der Waals surface area (Å²) in [6, 6.07) is 24.9. The first-order valence-electron chi connectivity index (χ1n) is 10.9. The molecule has 0 spiro atoms. The molecule has 0 fully saturated rings. The maximum absolute atomic E-state index is 12.4. The van der Waals surface area contributed by atoms with Gasteiger partial charge in [0.05, 0.1) is 24.3 Å². The van der Waals surface area contributed by atoms with Crippen molar-refractivity contribution in [1.82, 2.24) is 4.98 Å². The van der Waals surface area contributed by atoms with Crippen molar-refractivity contribution >= 4 is 28.9 Å². The summed E-state index contributed by atoms with van der Waals surface area (Å²) in [5.41, 5.74) is 4.01. The summed E-state index contributed by atoms with van der Waals surface area (Å²) in [6.45, 7) is 2.11. The molecule has 4 rings (SSSR count). The second-order valence-corrected chi connectivity index (χ2v) is 8.23. The number of carbonyl (C=O) groups excluding carboxylic acids is 2. The van der Waals surface area contributed by atoms with Gasteiger partial charge in [0, 0.05) is 16.6 Å². The third kappa shape index (κ3) is 5.88. The second kappa shape index (κ2) is 11.2. The number of anilines is 1. The fourth-order valence-corrected chi connectivity index (χ4v) is 4.28. The van der Waals surface area contributed by atoms with Gasteiger partial charge in [0.1, 0.15) is 10.8 Å². The molecule has 0 bridgehead atoms. The van der Waals surface area contributed by atoms with E-state index < -0.39 is 11.9 Å². The molecule has 6 nitrogen and oxygen atoms in total. The molecule has 0 unspecified atom stereocenters. The Morgan fingerprint density at radius 3 is 2.41 bits per heavy atom. The number of amides is 1. The van der Waals surface area contributed by atoms with Gasteiger partial charge in [-0.1, -0.05) is 60.7 Å². The molecule has 3 aromatic carbocycles. The van der Waals surface area contributed by atoms with E-state index in [1.165, 1.54) is 11.3 Å². The fourth-order valence-electron chi connectivity index (χ4n) is 3.43. The number of nitrogens with zero attached hydrogens (tertiary/aromatic N) is 1. The largest absolute Gasteiger partial charge is 0.493 e. The standard InChI is InChI=1S/C27H24N2O4S/c1-2-32-24-15-9-7-13-22(24)27-28-20(18-34-27)16-26(31)33-17-25(30)29-23-14-8-6-12-21(23)19-10-4-3-5-11-19/h3-15,18H,2,16-17H2,1H3,(H,29,30). The predicted octanol–water partition coefficient (Wildman–Crippen LogP) is 5.60. The van der Waals surface area contributed by atoms with Gasteiger partial charge in [-0.2, -0.15) is 0 Å². The minimum absolute atomic E-state index is 0.0127. The number of hydrogen-bond acceptors (Lipinski definition) is 6. The molecule has 1 heterocycles. The zero-order valence-corrected chi connectivity index (χ0v) is 19.5. The van der Waals surface area contributed by atoms with Crippen molar-refractivity contribution in [1.29, 1.82) is 0 Å². The topological polar surface area (TPSA) is 77.5 Å². The van der Waals surface area contributed by atoms with Gasteiger partial charge >= 0.3 is 5.97 Å². The van der Waals surface area contributed by atoms with E-state index in [9.17, 15) is 9.59 Å². The summed E-state index contributed by atoms with van der Waals surface area (Å²) in [7, 11) is 0. The van der Waals surface area contributed by atoms with Gasteiger partial charge < -0.3 is 14.8 Å². The number of thiazole rings is 1. The molecular formula is C27H24N2O4S. The van der Waals surface area contributed by atoms with Crippen LogP contribution in [0.2, 0.25) is 0 Å². The van der Waals surface area contributed by atoms with E-state index in [4.69, 9.17) is 9.47 Å². The van der Waals surface area contributed by atoms with Crippen molar-refractivity contribution in [3.05, 3.63) is 89.9 Å². The zero-order chi connectivity index (χ0) is 23.8. The van der Waals surface area contributed by atoms with Crippen molar-refractivity contribution in [3.63, 3.8) is 0 Å². The van der Waals surface area contributed by atoms with Crippen LogP contribution in [0.25, 0.3) is 21.7 Å². The molecule has 1 N–H and O–H groups in total. The molecule has 1 aromatic heterocycles. The molecule has 0 radical (unpaired) electrons. The number of benzene rings is 3. The third-order valence-corrected chi connectivity index (χ3v) is 5.87. The summed E-state index contributed by atoms with van der Waals surface area (Å²) in [5, 5.41) is 5.41. The van der Waals surface area contributed by atoms with Crippen LogP contribution < -0.4 is 10.1 Å². The fraction of sp³-hybridized carbons (Fsp3) is 0.148. The van der Waals surface area contributed by atoms with Gasteiger partial charge in [-0.05, 0) is 30.7 Å². The van der Waals surface area contributed by atoms with E-state index in [0.717, 1.165) is 27.4 Å². The van der Waals surface area contributed by atoms with Crippen molar-refractivity contribution in [3.8, 4) is 27.4 Å². The van der Waals surface area contributed by atoms with E-state index >= 15 is 0 Å². The average molecular weight is 473 g/mol. The molecule has 34 heavy (non-hydrogen) atoms. The Morgan fingerprint density at radius 1 is 0.912 bits per heavy atom. The van der Waals surface area contributed by atoms with E-state index in [1.807, 2.05) is 91.2 Å². The summed E-state index contributed by atoms with van der Waals surface area (Å²) in [5.74, 6) is -0.163. The summed E-state index contributed by atoms with van der Waals surface area (Å²) < 4.78 is 10.9. The Balaban J connectivity index is 1.33. The molecule has 0 atom stereocenters. The number of ether oxygens (including phenoxy) is 2. The van der Waals surface area contributed by atoms with Gasteiger partial charge in [0.15, 0.2) is 6.61 Å². The summed E-state index contributed by atoms with van der Waals surface area (Å²) >= 11 is 1.43. The highest BCUT2D eigenvalue weighted by Crippen LogP contribution is 2.32. The van der Waals surface area contributed by atoms with Gasteiger partial charge in [0.2, 0.25) is 0 Å². The van der Waals surface area contributed by atoms with Gasteiger partial charge in [-0.15, -0.1) is 11.3 Å². The highest BCUT2D eigenvalue weighted by atomic mass is 32.1. The quantitative estimate of drug-likeness (QED) is 0.321. The van der Waals surface area contributed by atoms with E-state index in [-0.39, 0.29) is 13.0 Å². The van der Waals surface area contributed by atoms with Crippen molar-refractivity contribution < 1.29 is 19.1 Å². The van der Waals surface area contributed by atoms with Crippen LogP contribution in [0.3, 0.4) is 0 Å². The van der Waals surface area contributed by atoms with Gasteiger partial charge in [-0.25, -0.2) is 4.98 Å². The average Bonchev–Trinajstić information content (AvgIpc) is 3.32. The highest BCUT2D eigenvalue weighted by Gasteiger charge is 2.15. The van der Waals surface area contributed by atoms with Crippen LogP contribution >= 0.6 is 11.3 Å². The lowest BCUT2D eigenvalue weighted by molar-refractivity contribution is -0.146. The van der Waals surface area contributed by atoms with Crippen LogP contribution in [0.1, 0.15) is 12.6 Å². The first-order chi connectivity index (χ1) is 16.6. The van der Waals surface area contributed by atoms with E-state index in [2.05, 4.69) is 10.3 Å². The molecule has 0 aliphatic rings. The second-order valence-electron chi connectivity index (χ2n) is 7.37. The van der Waals surface area contributed by atoms with Crippen molar-refractivity contribution in [2.24, 2.45) is 0 Å². The smallest absolute Gasteiger partial charge is 0.312 e. The minimum Gasteiger partial charge on any atom is -0.493 e. The highest BCUT2D eigenvalue weighted by molar-refractivity contribution is 7.13. The number of hydrogen-bond donors (Lipinski definition) is 1. The molecule has 172 valence electrons. The van der Waals surface area contributed by atoms with Crippen molar-refractivity contribution in [2.45, 2.75) is 13.3 Å². The number of para-hydroxylation sites is 2. The van der Waals surface area contributed by atoms with E-state index in [1.54, 1.807) is 0 Å². The first-order valence-corrected chi connectivity index (χ1v) is 11.8. The maximum Gasteiger partial charge on any atom is 0.312 e. The number of rotatable bonds is 9. The molecule has 0 saturated carbocycles. The van der Waals surface area contributed by atoms with Crippen LogP contribution in [0.15, 0.2) is 84.2 Å². The molecule has 0 aliphatic carbocycles.